The minimum absolute atomic E-state index is 0.105. The van der Waals surface area contributed by atoms with Gasteiger partial charge in [-0.05, 0) is 51.1 Å². The first-order chi connectivity index (χ1) is 9.58. The van der Waals surface area contributed by atoms with Crippen molar-refractivity contribution in [3.8, 4) is 5.75 Å². The topological polar surface area (TPSA) is 69.6 Å². The highest BCUT2D eigenvalue weighted by Gasteiger charge is 2.26. The largest absolute Gasteiger partial charge is 0.508 e. The summed E-state index contributed by atoms with van der Waals surface area (Å²) >= 11 is 0. The lowest BCUT2D eigenvalue weighted by atomic mass is 9.82. The number of phenolic OH excluding ortho intramolecular Hbond substituents is 1. The summed E-state index contributed by atoms with van der Waals surface area (Å²) in [6.07, 6.45) is 3.51. The molecule has 4 heteroatoms. The Labute approximate surface area is 119 Å². The van der Waals surface area contributed by atoms with Gasteiger partial charge in [0.2, 0.25) is 0 Å². The number of carboxylic acid groups (broad SMARTS) is 1. The fraction of sp³-hybridized carbons (Fsp3) is 0.562. The van der Waals surface area contributed by atoms with Crippen molar-refractivity contribution in [3.05, 3.63) is 29.8 Å². The summed E-state index contributed by atoms with van der Waals surface area (Å²) < 4.78 is 0. The van der Waals surface area contributed by atoms with Crippen molar-refractivity contribution in [2.75, 3.05) is 6.54 Å². The Balaban J connectivity index is 1.79. The first-order valence-electron chi connectivity index (χ1n) is 7.32. The van der Waals surface area contributed by atoms with Crippen LogP contribution < -0.4 is 5.32 Å². The van der Waals surface area contributed by atoms with E-state index in [0.29, 0.717) is 11.7 Å². The molecule has 2 rings (SSSR count). The summed E-state index contributed by atoms with van der Waals surface area (Å²) in [5.74, 6) is 0.0572. The lowest BCUT2D eigenvalue weighted by Gasteiger charge is -2.27. The lowest BCUT2D eigenvalue weighted by molar-refractivity contribution is -0.143. The standard InChI is InChI=1S/C16H23NO3/c1-11(14-4-2-3-5-15(14)18)17-10-12-6-8-13(9-7-12)16(19)20/h2-5,11-13,17-18H,6-10H2,1H3,(H,19,20). The molecular formula is C16H23NO3. The molecule has 1 saturated carbocycles. The predicted octanol–water partition coefficient (Wildman–Crippen LogP) is 2.93. The second-order valence-electron chi connectivity index (χ2n) is 5.74. The van der Waals surface area contributed by atoms with Crippen molar-refractivity contribution in [1.29, 1.82) is 0 Å². The van der Waals surface area contributed by atoms with Crippen molar-refractivity contribution in [2.45, 2.75) is 38.6 Å². The van der Waals surface area contributed by atoms with Gasteiger partial charge in [0.05, 0.1) is 5.92 Å². The summed E-state index contributed by atoms with van der Waals surface area (Å²) in [7, 11) is 0. The van der Waals surface area contributed by atoms with E-state index in [1.54, 1.807) is 6.07 Å². The maximum atomic E-state index is 10.9. The molecule has 1 aliphatic carbocycles. The minimum Gasteiger partial charge on any atom is -0.508 e. The summed E-state index contributed by atoms with van der Waals surface area (Å²) in [5.41, 5.74) is 0.909. The summed E-state index contributed by atoms with van der Waals surface area (Å²) in [5, 5.41) is 22.2. The van der Waals surface area contributed by atoms with E-state index in [4.69, 9.17) is 5.11 Å². The van der Waals surface area contributed by atoms with Gasteiger partial charge in [0.15, 0.2) is 0 Å². The molecule has 0 bridgehead atoms. The molecule has 0 radical (unpaired) electrons. The quantitative estimate of drug-likeness (QED) is 0.774. The van der Waals surface area contributed by atoms with Gasteiger partial charge < -0.3 is 15.5 Å². The third-order valence-electron chi connectivity index (χ3n) is 4.31. The molecule has 0 heterocycles. The lowest BCUT2D eigenvalue weighted by Crippen LogP contribution is -2.30. The van der Waals surface area contributed by atoms with Gasteiger partial charge in [-0.25, -0.2) is 0 Å². The molecule has 3 N–H and O–H groups in total. The van der Waals surface area contributed by atoms with Crippen molar-refractivity contribution < 1.29 is 15.0 Å². The first-order valence-corrected chi connectivity index (χ1v) is 7.32. The van der Waals surface area contributed by atoms with Gasteiger partial charge in [0.25, 0.3) is 0 Å². The van der Waals surface area contributed by atoms with E-state index in [0.717, 1.165) is 37.8 Å². The van der Waals surface area contributed by atoms with Gasteiger partial charge >= 0.3 is 5.97 Å². The molecular weight excluding hydrogens is 254 g/mol. The maximum absolute atomic E-state index is 10.9. The number of hydrogen-bond donors (Lipinski definition) is 3. The number of aliphatic carboxylic acids is 1. The molecule has 1 aromatic carbocycles. The Morgan fingerprint density at radius 3 is 2.55 bits per heavy atom. The number of para-hydroxylation sites is 1. The Hall–Kier alpha value is -1.55. The average Bonchev–Trinajstić information content (AvgIpc) is 2.45. The molecule has 0 saturated heterocycles. The number of benzene rings is 1. The Bertz CT molecular complexity index is 453. The highest BCUT2D eigenvalue weighted by Crippen LogP contribution is 2.29. The molecule has 1 unspecified atom stereocenters. The molecule has 1 aliphatic rings. The van der Waals surface area contributed by atoms with Crippen LogP contribution in [0.3, 0.4) is 0 Å². The van der Waals surface area contributed by atoms with Crippen LogP contribution in [0.2, 0.25) is 0 Å². The highest BCUT2D eigenvalue weighted by atomic mass is 16.4. The SMILES string of the molecule is CC(NCC1CCC(C(=O)O)CC1)c1ccccc1O. The van der Waals surface area contributed by atoms with Gasteiger partial charge in [0, 0.05) is 11.6 Å². The van der Waals surface area contributed by atoms with Crippen LogP contribution in [0.25, 0.3) is 0 Å². The smallest absolute Gasteiger partial charge is 0.306 e. The number of carbonyl (C=O) groups is 1. The third-order valence-corrected chi connectivity index (χ3v) is 4.31. The number of rotatable bonds is 5. The van der Waals surface area contributed by atoms with Gasteiger partial charge in [-0.15, -0.1) is 0 Å². The zero-order chi connectivity index (χ0) is 14.5. The normalized spacial score (nSPS) is 24.2. The second-order valence-corrected chi connectivity index (χ2v) is 5.74. The third kappa shape index (κ3) is 3.73. The molecule has 20 heavy (non-hydrogen) atoms. The number of nitrogens with one attached hydrogen (secondary N) is 1. The molecule has 0 aliphatic heterocycles. The second kappa shape index (κ2) is 6.75. The van der Waals surface area contributed by atoms with Gasteiger partial charge in [-0.1, -0.05) is 18.2 Å². The number of phenols is 1. The first kappa shape index (κ1) is 14.9. The molecule has 110 valence electrons. The van der Waals surface area contributed by atoms with Gasteiger partial charge in [-0.3, -0.25) is 4.79 Å². The van der Waals surface area contributed by atoms with E-state index < -0.39 is 5.97 Å². The fourth-order valence-corrected chi connectivity index (χ4v) is 2.92. The predicted molar refractivity (Wildman–Crippen MR) is 77.6 cm³/mol. The van der Waals surface area contributed by atoms with Gasteiger partial charge in [-0.2, -0.15) is 0 Å². The van der Waals surface area contributed by atoms with E-state index in [9.17, 15) is 9.90 Å². The number of hydrogen-bond acceptors (Lipinski definition) is 3. The van der Waals surface area contributed by atoms with E-state index in [-0.39, 0.29) is 12.0 Å². The molecule has 1 fully saturated rings. The zero-order valence-corrected chi connectivity index (χ0v) is 11.9. The van der Waals surface area contributed by atoms with Gasteiger partial charge in [0.1, 0.15) is 5.75 Å². The van der Waals surface area contributed by atoms with Crippen molar-refractivity contribution >= 4 is 5.97 Å². The minimum atomic E-state index is -0.654. The maximum Gasteiger partial charge on any atom is 0.306 e. The zero-order valence-electron chi connectivity index (χ0n) is 11.9. The Morgan fingerprint density at radius 2 is 1.95 bits per heavy atom. The summed E-state index contributed by atoms with van der Waals surface area (Å²) in [6, 6.07) is 7.47. The van der Waals surface area contributed by atoms with Crippen LogP contribution in [0.15, 0.2) is 24.3 Å². The van der Waals surface area contributed by atoms with Crippen LogP contribution in [-0.4, -0.2) is 22.7 Å². The van der Waals surface area contributed by atoms with Crippen molar-refractivity contribution in [3.63, 3.8) is 0 Å². The number of carboxylic acids is 1. The van der Waals surface area contributed by atoms with Crippen LogP contribution in [-0.2, 0) is 4.79 Å². The monoisotopic (exact) mass is 277 g/mol. The molecule has 1 aromatic rings. The average molecular weight is 277 g/mol. The van der Waals surface area contributed by atoms with E-state index in [1.165, 1.54) is 0 Å². The van der Waals surface area contributed by atoms with Crippen LogP contribution in [0.1, 0.15) is 44.2 Å². The molecule has 4 nitrogen and oxygen atoms in total. The Morgan fingerprint density at radius 1 is 1.30 bits per heavy atom. The van der Waals surface area contributed by atoms with Crippen molar-refractivity contribution in [2.24, 2.45) is 11.8 Å². The highest BCUT2D eigenvalue weighted by molar-refractivity contribution is 5.69. The molecule has 0 spiro atoms. The fourth-order valence-electron chi connectivity index (χ4n) is 2.92. The van der Waals surface area contributed by atoms with Crippen LogP contribution in [0, 0.1) is 11.8 Å². The summed E-state index contributed by atoms with van der Waals surface area (Å²) in [6.45, 7) is 2.92. The van der Waals surface area contributed by atoms with Crippen LogP contribution in [0.5, 0.6) is 5.75 Å². The Kier molecular flexibility index (Phi) is 5.01. The van der Waals surface area contributed by atoms with E-state index >= 15 is 0 Å². The molecule has 0 amide bonds. The van der Waals surface area contributed by atoms with Crippen LogP contribution >= 0.6 is 0 Å². The van der Waals surface area contributed by atoms with Crippen LogP contribution in [0.4, 0.5) is 0 Å². The summed E-state index contributed by atoms with van der Waals surface area (Å²) in [4.78, 5) is 10.9. The number of aromatic hydroxyl groups is 1. The van der Waals surface area contributed by atoms with E-state index in [2.05, 4.69) is 5.32 Å². The molecule has 0 aromatic heterocycles. The van der Waals surface area contributed by atoms with Crippen molar-refractivity contribution in [1.82, 2.24) is 5.32 Å². The van der Waals surface area contributed by atoms with E-state index in [1.807, 2.05) is 25.1 Å². The molecule has 1 atom stereocenters.